The van der Waals surface area contributed by atoms with Crippen LogP contribution >= 0.6 is 0 Å². The van der Waals surface area contributed by atoms with Gasteiger partial charge in [-0.2, -0.15) is 0 Å². The Hall–Kier alpha value is -2.32. The topological polar surface area (TPSA) is 72.4 Å². The quantitative estimate of drug-likeness (QED) is 0.501. The van der Waals surface area contributed by atoms with Crippen molar-refractivity contribution in [1.82, 2.24) is 20.4 Å². The molecule has 1 unspecified atom stereocenters. The zero-order valence-electron chi connectivity index (χ0n) is 18.3. The molecule has 0 radical (unpaired) electrons. The number of piperidine rings is 1. The third kappa shape index (κ3) is 7.18. The fourth-order valence-corrected chi connectivity index (χ4v) is 3.76. The Balaban J connectivity index is 1.56. The maximum absolute atomic E-state index is 12.0. The van der Waals surface area contributed by atoms with Crippen LogP contribution in [-0.2, 0) is 9.53 Å². The van der Waals surface area contributed by atoms with E-state index in [0.717, 1.165) is 71.3 Å². The molecule has 8 nitrogen and oxygen atoms in total. The summed E-state index contributed by atoms with van der Waals surface area (Å²) in [6, 6.07) is 10.8. The number of carbonyl (C=O) groups excluding carboxylic acids is 1. The van der Waals surface area contributed by atoms with Gasteiger partial charge in [0, 0.05) is 65.1 Å². The van der Waals surface area contributed by atoms with Crippen molar-refractivity contribution in [1.29, 1.82) is 0 Å². The Bertz CT molecular complexity index is 675. The number of rotatable bonds is 7. The van der Waals surface area contributed by atoms with Gasteiger partial charge >= 0.3 is 0 Å². The number of benzene rings is 1. The van der Waals surface area contributed by atoms with E-state index in [4.69, 9.17) is 4.74 Å². The molecule has 1 amide bonds. The molecule has 3 rings (SSSR count). The third-order valence-corrected chi connectivity index (χ3v) is 5.58. The Morgan fingerprint density at radius 2 is 1.97 bits per heavy atom. The first-order valence-electron chi connectivity index (χ1n) is 11.0. The molecule has 0 bridgehead atoms. The van der Waals surface area contributed by atoms with Crippen molar-refractivity contribution in [2.24, 2.45) is 4.99 Å². The molecule has 30 heavy (non-hydrogen) atoms. The van der Waals surface area contributed by atoms with Gasteiger partial charge in [-0.25, -0.2) is 4.99 Å². The van der Waals surface area contributed by atoms with Crippen molar-refractivity contribution < 1.29 is 9.53 Å². The van der Waals surface area contributed by atoms with Crippen LogP contribution in [0.1, 0.15) is 12.8 Å². The summed E-state index contributed by atoms with van der Waals surface area (Å²) < 4.78 is 5.42. The first kappa shape index (κ1) is 22.4. The van der Waals surface area contributed by atoms with Crippen LogP contribution in [0.4, 0.5) is 5.69 Å². The first-order valence-corrected chi connectivity index (χ1v) is 11.0. The van der Waals surface area contributed by atoms with Crippen LogP contribution in [0.3, 0.4) is 0 Å². The summed E-state index contributed by atoms with van der Waals surface area (Å²) in [6.07, 6.45) is 2.22. The lowest BCUT2D eigenvalue weighted by atomic mass is 10.1. The number of hydrogen-bond acceptors (Lipinski definition) is 5. The molecule has 2 saturated heterocycles. The monoisotopic (exact) mass is 416 g/mol. The minimum absolute atomic E-state index is 0.00108. The molecule has 0 saturated carbocycles. The average molecular weight is 417 g/mol. The van der Waals surface area contributed by atoms with Crippen LogP contribution in [0.5, 0.6) is 0 Å². The smallest absolute Gasteiger partial charge is 0.243 e. The van der Waals surface area contributed by atoms with Crippen LogP contribution < -0.4 is 15.5 Å². The highest BCUT2D eigenvalue weighted by molar-refractivity contribution is 5.85. The lowest BCUT2D eigenvalue weighted by Gasteiger charge is -2.35. The first-order chi connectivity index (χ1) is 14.6. The molecule has 2 aliphatic rings. The van der Waals surface area contributed by atoms with E-state index in [-0.39, 0.29) is 12.5 Å². The molecule has 8 heteroatoms. The summed E-state index contributed by atoms with van der Waals surface area (Å²) in [7, 11) is 3.52. The number of hydrogen-bond donors (Lipinski definition) is 2. The molecule has 0 spiro atoms. The Kier molecular flexibility index (Phi) is 8.77. The van der Waals surface area contributed by atoms with E-state index >= 15 is 0 Å². The minimum atomic E-state index is -0.00108. The number of amides is 1. The Morgan fingerprint density at radius 1 is 1.20 bits per heavy atom. The van der Waals surface area contributed by atoms with Crippen molar-refractivity contribution in [2.75, 3.05) is 78.0 Å². The van der Waals surface area contributed by atoms with E-state index in [9.17, 15) is 4.79 Å². The van der Waals surface area contributed by atoms with Crippen molar-refractivity contribution in [3.63, 3.8) is 0 Å². The maximum Gasteiger partial charge on any atom is 0.243 e. The molecular weight excluding hydrogens is 380 g/mol. The second kappa shape index (κ2) is 11.8. The van der Waals surface area contributed by atoms with Crippen LogP contribution in [0.15, 0.2) is 35.3 Å². The SMILES string of the molecule is CN(C)C(=O)CN=C(NCCN1CCOCC1)NC1CCCN(c2ccccc2)C1. The number of nitrogens with one attached hydrogen (secondary N) is 2. The third-order valence-electron chi connectivity index (χ3n) is 5.58. The number of carbonyl (C=O) groups is 1. The number of para-hydroxylation sites is 1. The minimum Gasteiger partial charge on any atom is -0.379 e. The summed E-state index contributed by atoms with van der Waals surface area (Å²) in [5.41, 5.74) is 1.26. The molecule has 2 heterocycles. The van der Waals surface area contributed by atoms with Gasteiger partial charge in [-0.3, -0.25) is 9.69 Å². The van der Waals surface area contributed by atoms with Crippen molar-refractivity contribution in [3.8, 4) is 0 Å². The summed E-state index contributed by atoms with van der Waals surface area (Å²) >= 11 is 0. The normalized spacial score (nSPS) is 20.7. The molecule has 166 valence electrons. The van der Waals surface area contributed by atoms with E-state index in [1.54, 1.807) is 19.0 Å². The predicted octanol–water partition coefficient (Wildman–Crippen LogP) is 0.611. The number of likely N-dealkylation sites (N-methyl/N-ethyl adjacent to an activating group) is 1. The lowest BCUT2D eigenvalue weighted by Crippen LogP contribution is -2.52. The predicted molar refractivity (Wildman–Crippen MR) is 121 cm³/mol. The molecular formula is C22H36N6O2. The second-order valence-electron chi connectivity index (χ2n) is 8.10. The molecule has 1 aromatic rings. The summed E-state index contributed by atoms with van der Waals surface area (Å²) in [4.78, 5) is 23.0. The molecule has 2 fully saturated rings. The van der Waals surface area contributed by atoms with Gasteiger partial charge in [0.2, 0.25) is 5.91 Å². The fourth-order valence-electron chi connectivity index (χ4n) is 3.76. The van der Waals surface area contributed by atoms with E-state index in [1.165, 1.54) is 5.69 Å². The van der Waals surface area contributed by atoms with Gasteiger partial charge in [0.25, 0.3) is 0 Å². The zero-order chi connectivity index (χ0) is 21.2. The molecule has 1 atom stereocenters. The van der Waals surface area contributed by atoms with Gasteiger partial charge in [0.15, 0.2) is 5.96 Å². The van der Waals surface area contributed by atoms with Gasteiger partial charge in [-0.15, -0.1) is 0 Å². The standard InChI is InChI=1S/C22H36N6O2/c1-26(2)21(29)17-24-22(23-10-12-27-13-15-30-16-14-27)25-19-7-6-11-28(18-19)20-8-4-3-5-9-20/h3-5,8-9,19H,6-7,10-18H2,1-2H3,(H2,23,24,25). The van der Waals surface area contributed by atoms with Gasteiger partial charge in [0.1, 0.15) is 6.54 Å². The molecule has 0 aliphatic carbocycles. The van der Waals surface area contributed by atoms with E-state index < -0.39 is 0 Å². The van der Waals surface area contributed by atoms with Crippen molar-refractivity contribution >= 4 is 17.6 Å². The number of aliphatic imine (C=N–C) groups is 1. The number of ether oxygens (including phenoxy) is 1. The number of guanidine groups is 1. The Morgan fingerprint density at radius 3 is 2.70 bits per heavy atom. The fraction of sp³-hybridized carbons (Fsp3) is 0.636. The maximum atomic E-state index is 12.0. The van der Waals surface area contributed by atoms with Crippen molar-refractivity contribution in [2.45, 2.75) is 18.9 Å². The highest BCUT2D eigenvalue weighted by Gasteiger charge is 2.21. The lowest BCUT2D eigenvalue weighted by molar-refractivity contribution is -0.127. The van der Waals surface area contributed by atoms with Gasteiger partial charge in [-0.1, -0.05) is 18.2 Å². The highest BCUT2D eigenvalue weighted by Crippen LogP contribution is 2.19. The molecule has 2 aliphatic heterocycles. The van der Waals surface area contributed by atoms with Crippen molar-refractivity contribution in [3.05, 3.63) is 30.3 Å². The average Bonchev–Trinajstić information content (AvgIpc) is 2.78. The van der Waals surface area contributed by atoms with Gasteiger partial charge < -0.3 is 25.2 Å². The van der Waals surface area contributed by atoms with Crippen LogP contribution in [0.25, 0.3) is 0 Å². The summed E-state index contributed by atoms with van der Waals surface area (Å²) in [5.74, 6) is 0.720. The van der Waals surface area contributed by atoms with E-state index in [1.807, 2.05) is 6.07 Å². The van der Waals surface area contributed by atoms with Crippen LogP contribution in [0, 0.1) is 0 Å². The molecule has 1 aromatic carbocycles. The number of anilines is 1. The summed E-state index contributed by atoms with van der Waals surface area (Å²) in [5, 5.41) is 7.00. The van der Waals surface area contributed by atoms with E-state index in [2.05, 4.69) is 49.7 Å². The Labute approximate surface area is 180 Å². The molecule has 2 N–H and O–H groups in total. The largest absolute Gasteiger partial charge is 0.379 e. The van der Waals surface area contributed by atoms with Gasteiger partial charge in [-0.05, 0) is 25.0 Å². The second-order valence-corrected chi connectivity index (χ2v) is 8.10. The molecule has 0 aromatic heterocycles. The van der Waals surface area contributed by atoms with Crippen LogP contribution in [-0.4, -0.2) is 101 Å². The highest BCUT2D eigenvalue weighted by atomic mass is 16.5. The number of morpholine rings is 1. The zero-order valence-corrected chi connectivity index (χ0v) is 18.3. The van der Waals surface area contributed by atoms with Crippen LogP contribution in [0.2, 0.25) is 0 Å². The summed E-state index contributed by atoms with van der Waals surface area (Å²) in [6.45, 7) is 7.40. The van der Waals surface area contributed by atoms with Gasteiger partial charge in [0.05, 0.1) is 13.2 Å². The number of nitrogens with zero attached hydrogens (tertiary/aromatic N) is 4. The van der Waals surface area contributed by atoms with E-state index in [0.29, 0.717) is 6.04 Å².